The zero-order chi connectivity index (χ0) is 45.8. The fourth-order valence-corrected chi connectivity index (χ4v) is 14.7. The minimum Gasteiger partial charge on any atom is -0.457 e. The smallest absolute Gasteiger partial charge is 0.131 e. The third-order valence-corrected chi connectivity index (χ3v) is 17.7. The molecule has 1 heterocycles. The quantitative estimate of drug-likeness (QED) is 0.169. The van der Waals surface area contributed by atoms with Crippen LogP contribution in [0, 0.1) is 65.2 Å². The highest BCUT2D eigenvalue weighted by atomic mass is 16.5. The summed E-state index contributed by atoms with van der Waals surface area (Å²) in [5, 5.41) is 0. The number of ether oxygens (including phenoxy) is 1. The Morgan fingerprint density at radius 2 is 0.800 bits per heavy atom. The molecule has 3 saturated carbocycles. The lowest BCUT2D eigenvalue weighted by molar-refractivity contribution is 0.232. The van der Waals surface area contributed by atoms with Crippen molar-refractivity contribution in [3.63, 3.8) is 0 Å². The molecule has 6 atom stereocenters. The molecule has 1 spiro atoms. The first-order chi connectivity index (χ1) is 30.8. The van der Waals surface area contributed by atoms with Crippen LogP contribution in [0.5, 0.6) is 11.5 Å². The maximum Gasteiger partial charge on any atom is 0.131 e. The molecule has 0 radical (unpaired) electrons. The molecule has 2 bridgehead atoms. The van der Waals surface area contributed by atoms with Gasteiger partial charge >= 0.3 is 0 Å². The molecule has 1 heteroatoms. The second-order valence-electron chi connectivity index (χ2n) is 23.8. The third-order valence-electron chi connectivity index (χ3n) is 17.7. The summed E-state index contributed by atoms with van der Waals surface area (Å²) >= 11 is 0. The Morgan fingerprint density at radius 3 is 1.29 bits per heavy atom. The van der Waals surface area contributed by atoms with Gasteiger partial charge in [0.05, 0.1) is 0 Å². The van der Waals surface area contributed by atoms with Crippen LogP contribution in [0.3, 0.4) is 0 Å². The van der Waals surface area contributed by atoms with Crippen LogP contribution in [0.1, 0.15) is 170 Å². The van der Waals surface area contributed by atoms with E-state index in [9.17, 15) is 0 Å². The van der Waals surface area contributed by atoms with E-state index in [0.29, 0.717) is 0 Å². The topological polar surface area (TPSA) is 9.23 Å². The fourth-order valence-electron chi connectivity index (χ4n) is 14.7. The van der Waals surface area contributed by atoms with Crippen LogP contribution in [0.15, 0.2) is 121 Å². The lowest BCUT2D eigenvalue weighted by Gasteiger charge is -2.34. The molecule has 5 aliphatic carbocycles. The summed E-state index contributed by atoms with van der Waals surface area (Å²) in [6.07, 6.45) is 8.33. The van der Waals surface area contributed by atoms with Gasteiger partial charge in [0.2, 0.25) is 0 Å². The standard InChI is InChI=1S/C24H28.C23H28.C17H18O/c1-15-3-7-17(8-4-15)19-11-22-20-13-21(24(14-20)23(22)12-19)18-9-5-16(2)6-10-18;1-15-7-9-17-19(11-15)23(13-21(17,3)4)14-22(5,6)18-10-8-16(2)12-20(18)23;1-11-5-7-13-15(9-11)18-16-10-12(2)6-8-14(16)17(13,3)4/h3-10,19-24H,11-14H2,1-2H3;7-12H,13-14H2,1-6H3;5-10H,1-4H3. The average molecular weight is 859 g/mol. The van der Waals surface area contributed by atoms with E-state index in [0.717, 1.165) is 47.0 Å². The molecular weight excluding hydrogens is 785 g/mol. The van der Waals surface area contributed by atoms with Crippen LogP contribution in [0.4, 0.5) is 0 Å². The van der Waals surface area contributed by atoms with Gasteiger partial charge in [-0.2, -0.15) is 0 Å². The van der Waals surface area contributed by atoms with Crippen molar-refractivity contribution >= 4 is 0 Å². The molecule has 65 heavy (non-hydrogen) atoms. The Hall–Kier alpha value is -4.88. The molecule has 6 aromatic rings. The monoisotopic (exact) mass is 859 g/mol. The first kappa shape index (κ1) is 44.0. The number of aryl methyl sites for hydroxylation is 6. The second kappa shape index (κ2) is 15.9. The van der Waals surface area contributed by atoms with E-state index in [1.165, 1.54) is 83.0 Å². The van der Waals surface area contributed by atoms with Crippen LogP contribution in [0.2, 0.25) is 0 Å². The minimum absolute atomic E-state index is 0.00428. The predicted molar refractivity (Wildman–Crippen MR) is 273 cm³/mol. The van der Waals surface area contributed by atoms with Crippen molar-refractivity contribution in [2.45, 2.75) is 155 Å². The molecule has 0 N–H and O–H groups in total. The molecule has 1 nitrogen and oxygen atoms in total. The maximum atomic E-state index is 6.07. The zero-order valence-corrected chi connectivity index (χ0v) is 41.7. The largest absolute Gasteiger partial charge is 0.457 e. The van der Waals surface area contributed by atoms with Gasteiger partial charge in [-0.05, 0) is 183 Å². The molecule has 0 amide bonds. The van der Waals surface area contributed by atoms with E-state index < -0.39 is 0 Å². The third kappa shape index (κ3) is 7.62. The van der Waals surface area contributed by atoms with Crippen molar-refractivity contribution in [1.82, 2.24) is 0 Å². The van der Waals surface area contributed by atoms with Gasteiger partial charge in [0.25, 0.3) is 0 Å². The van der Waals surface area contributed by atoms with Gasteiger partial charge in [0.15, 0.2) is 0 Å². The predicted octanol–water partition coefficient (Wildman–Crippen LogP) is 16.9. The van der Waals surface area contributed by atoms with Crippen LogP contribution >= 0.6 is 0 Å². The molecule has 6 aliphatic rings. The highest BCUT2D eigenvalue weighted by molar-refractivity contribution is 5.61. The molecule has 0 aromatic heterocycles. The molecule has 6 aromatic carbocycles. The minimum atomic E-state index is 0.00428. The van der Waals surface area contributed by atoms with Crippen LogP contribution in [0.25, 0.3) is 0 Å². The number of hydrogen-bond donors (Lipinski definition) is 0. The van der Waals surface area contributed by atoms with E-state index in [-0.39, 0.29) is 21.7 Å². The van der Waals surface area contributed by atoms with Gasteiger partial charge in [0.1, 0.15) is 11.5 Å². The van der Waals surface area contributed by atoms with E-state index in [4.69, 9.17) is 4.74 Å². The highest BCUT2D eigenvalue weighted by Crippen LogP contribution is 2.66. The molecule has 6 unspecified atom stereocenters. The number of benzene rings is 6. The second-order valence-corrected chi connectivity index (χ2v) is 23.8. The Kier molecular flexibility index (Phi) is 10.7. The Balaban J connectivity index is 0.000000116. The van der Waals surface area contributed by atoms with Gasteiger partial charge in [-0.3, -0.25) is 0 Å². The average Bonchev–Trinajstić information content (AvgIpc) is 4.04. The first-order valence-electron chi connectivity index (χ1n) is 25.1. The SMILES string of the molecule is Cc1ccc(C2CC3C4CC(c5ccc(C)cc5)C(C4)C3C2)cc1.Cc1ccc2c(c1)C1(CC2(C)C)CC(C)(C)c2ccc(C)cc21.Cc1ccc2c(c1)Oc1cc(C)ccc1C2(C)C. The Morgan fingerprint density at radius 1 is 0.385 bits per heavy atom. The van der Waals surface area contributed by atoms with E-state index >= 15 is 0 Å². The van der Waals surface area contributed by atoms with E-state index in [2.05, 4.69) is 204 Å². The first-order valence-corrected chi connectivity index (χ1v) is 25.1. The number of fused-ring (bicyclic) bond motifs is 11. The summed E-state index contributed by atoms with van der Waals surface area (Å²) in [7, 11) is 0. The Labute approximate surface area is 392 Å². The molecular formula is C64H74O. The van der Waals surface area contributed by atoms with Crippen LogP contribution in [-0.2, 0) is 21.7 Å². The van der Waals surface area contributed by atoms with Crippen molar-refractivity contribution in [2.24, 2.45) is 23.7 Å². The van der Waals surface area contributed by atoms with Gasteiger partial charge < -0.3 is 4.74 Å². The van der Waals surface area contributed by atoms with Crippen LogP contribution < -0.4 is 4.74 Å². The zero-order valence-electron chi connectivity index (χ0n) is 41.7. The summed E-state index contributed by atoms with van der Waals surface area (Å²) in [4.78, 5) is 0. The van der Waals surface area contributed by atoms with Crippen molar-refractivity contribution in [2.75, 3.05) is 0 Å². The van der Waals surface area contributed by atoms with Crippen molar-refractivity contribution in [1.29, 1.82) is 0 Å². The molecule has 12 rings (SSSR count). The summed E-state index contributed by atoms with van der Waals surface area (Å²) < 4.78 is 6.07. The highest BCUT2D eigenvalue weighted by Gasteiger charge is 2.57. The summed E-state index contributed by atoms with van der Waals surface area (Å²) in [5.41, 5.74) is 20.8. The summed E-state index contributed by atoms with van der Waals surface area (Å²) in [5.74, 6) is 7.62. The van der Waals surface area contributed by atoms with Crippen molar-refractivity contribution < 1.29 is 4.74 Å². The fraction of sp³-hybridized carbons (Fsp3) is 0.438. The van der Waals surface area contributed by atoms with Gasteiger partial charge in [-0.1, -0.05) is 173 Å². The van der Waals surface area contributed by atoms with Gasteiger partial charge in [-0.15, -0.1) is 0 Å². The normalized spacial score (nSPS) is 25.8. The lowest BCUT2D eigenvalue weighted by atomic mass is 9.72. The van der Waals surface area contributed by atoms with E-state index in [1.807, 2.05) is 0 Å². The van der Waals surface area contributed by atoms with Gasteiger partial charge in [0, 0.05) is 22.0 Å². The Bertz CT molecular complexity index is 2640. The van der Waals surface area contributed by atoms with Crippen LogP contribution in [-0.4, -0.2) is 0 Å². The summed E-state index contributed by atoms with van der Waals surface area (Å²) in [6.45, 7) is 27.3. The maximum absolute atomic E-state index is 6.07. The van der Waals surface area contributed by atoms with Crippen molar-refractivity contribution in [3.05, 3.63) is 199 Å². The molecule has 336 valence electrons. The summed E-state index contributed by atoms with van der Waals surface area (Å²) in [6, 6.07) is 46.0. The molecule has 0 saturated heterocycles. The number of rotatable bonds is 2. The van der Waals surface area contributed by atoms with Crippen molar-refractivity contribution in [3.8, 4) is 11.5 Å². The molecule has 1 aliphatic heterocycles. The number of hydrogen-bond acceptors (Lipinski definition) is 1. The van der Waals surface area contributed by atoms with E-state index in [1.54, 1.807) is 33.4 Å². The van der Waals surface area contributed by atoms with Gasteiger partial charge in [-0.25, -0.2) is 0 Å². The lowest BCUT2D eigenvalue weighted by Crippen LogP contribution is -2.27. The molecule has 3 fully saturated rings.